The molecule has 1 aromatic carbocycles. The third-order valence-electron chi connectivity index (χ3n) is 4.79. The number of rotatable bonds is 3. The van der Waals surface area contributed by atoms with Crippen LogP contribution >= 0.6 is 0 Å². The molecule has 2 saturated heterocycles. The summed E-state index contributed by atoms with van der Waals surface area (Å²) in [5, 5.41) is 14.2. The van der Waals surface area contributed by atoms with Gasteiger partial charge in [0, 0.05) is 35.9 Å². The summed E-state index contributed by atoms with van der Waals surface area (Å²) in [6, 6.07) is 8.63. The van der Waals surface area contributed by atoms with Gasteiger partial charge in [-0.15, -0.1) is 0 Å². The van der Waals surface area contributed by atoms with E-state index < -0.39 is 0 Å². The molecule has 2 fully saturated rings. The number of benzene rings is 1. The van der Waals surface area contributed by atoms with Crippen LogP contribution in [0.3, 0.4) is 0 Å². The lowest BCUT2D eigenvalue weighted by molar-refractivity contribution is -0.384. The Balaban J connectivity index is 1.65. The van der Waals surface area contributed by atoms with Gasteiger partial charge < -0.3 is 10.2 Å². The van der Waals surface area contributed by atoms with Crippen molar-refractivity contribution in [2.45, 2.75) is 50.2 Å². The summed E-state index contributed by atoms with van der Waals surface area (Å²) >= 11 is 0. The zero-order valence-corrected chi connectivity index (χ0v) is 11.8. The molecular weight excluding hydrogens is 254 g/mol. The minimum absolute atomic E-state index is 0.149. The molecule has 2 unspecified atom stereocenters. The quantitative estimate of drug-likeness (QED) is 0.680. The van der Waals surface area contributed by atoms with Crippen LogP contribution in [0.15, 0.2) is 24.3 Å². The van der Waals surface area contributed by atoms with E-state index >= 15 is 0 Å². The van der Waals surface area contributed by atoms with E-state index in [0.29, 0.717) is 18.1 Å². The Morgan fingerprint density at radius 1 is 1.20 bits per heavy atom. The lowest BCUT2D eigenvalue weighted by Crippen LogP contribution is -2.52. The average molecular weight is 275 g/mol. The Morgan fingerprint density at radius 3 is 2.35 bits per heavy atom. The van der Waals surface area contributed by atoms with Crippen LogP contribution in [0.4, 0.5) is 11.4 Å². The number of anilines is 1. The number of fused-ring (bicyclic) bond motifs is 2. The van der Waals surface area contributed by atoms with Crippen LogP contribution in [0.5, 0.6) is 0 Å². The molecule has 0 amide bonds. The van der Waals surface area contributed by atoms with E-state index in [-0.39, 0.29) is 10.6 Å². The Hall–Kier alpha value is -1.62. The van der Waals surface area contributed by atoms with Crippen molar-refractivity contribution in [3.63, 3.8) is 0 Å². The van der Waals surface area contributed by atoms with E-state index in [0.717, 1.165) is 5.69 Å². The van der Waals surface area contributed by atoms with Crippen molar-refractivity contribution in [2.24, 2.45) is 0 Å². The molecule has 3 rings (SSSR count). The standard InChI is InChI=1S/C15H21N3O2/c1-17-14-3-2-4-15(17)10-12(9-14)16-11-5-7-13(8-6-11)18(19)20/h5-8,12,14-16H,2-4,9-10H2,1H3. The summed E-state index contributed by atoms with van der Waals surface area (Å²) in [7, 11) is 2.25. The molecule has 2 atom stereocenters. The van der Waals surface area contributed by atoms with Crippen molar-refractivity contribution in [3.05, 3.63) is 34.4 Å². The van der Waals surface area contributed by atoms with Crippen LogP contribution in [0.2, 0.25) is 0 Å². The van der Waals surface area contributed by atoms with Crippen molar-refractivity contribution in [3.8, 4) is 0 Å². The lowest BCUT2D eigenvalue weighted by Gasteiger charge is -2.47. The van der Waals surface area contributed by atoms with Gasteiger partial charge in [0.1, 0.15) is 0 Å². The molecule has 0 radical (unpaired) electrons. The molecule has 2 aliphatic heterocycles. The normalized spacial score (nSPS) is 29.9. The van der Waals surface area contributed by atoms with Crippen molar-refractivity contribution in [1.29, 1.82) is 0 Å². The summed E-state index contributed by atoms with van der Waals surface area (Å²) in [5.41, 5.74) is 1.14. The smallest absolute Gasteiger partial charge is 0.269 e. The van der Waals surface area contributed by atoms with Crippen molar-refractivity contribution in [2.75, 3.05) is 12.4 Å². The van der Waals surface area contributed by atoms with Gasteiger partial charge in [-0.1, -0.05) is 6.42 Å². The molecule has 0 aliphatic carbocycles. The number of nitro groups is 1. The molecule has 20 heavy (non-hydrogen) atoms. The minimum Gasteiger partial charge on any atom is -0.382 e. The van der Waals surface area contributed by atoms with Crippen LogP contribution in [0, 0.1) is 10.1 Å². The maximum absolute atomic E-state index is 10.7. The molecule has 5 nitrogen and oxygen atoms in total. The zero-order chi connectivity index (χ0) is 14.1. The van der Waals surface area contributed by atoms with Crippen molar-refractivity contribution in [1.82, 2.24) is 4.90 Å². The fourth-order valence-electron chi connectivity index (χ4n) is 3.65. The molecule has 1 aromatic rings. The van der Waals surface area contributed by atoms with E-state index in [4.69, 9.17) is 0 Å². The molecule has 2 bridgehead atoms. The van der Waals surface area contributed by atoms with Crippen molar-refractivity contribution >= 4 is 11.4 Å². The first-order valence-electron chi connectivity index (χ1n) is 7.36. The largest absolute Gasteiger partial charge is 0.382 e. The Morgan fingerprint density at radius 2 is 1.80 bits per heavy atom. The Bertz CT molecular complexity index is 474. The number of hydrogen-bond donors (Lipinski definition) is 1. The highest BCUT2D eigenvalue weighted by Crippen LogP contribution is 2.34. The first-order valence-corrected chi connectivity index (χ1v) is 7.36. The van der Waals surface area contributed by atoms with Crippen LogP contribution in [0.25, 0.3) is 0 Å². The highest BCUT2D eigenvalue weighted by Gasteiger charge is 2.35. The highest BCUT2D eigenvalue weighted by molar-refractivity contribution is 5.49. The van der Waals surface area contributed by atoms with Gasteiger partial charge in [-0.2, -0.15) is 0 Å². The molecule has 2 heterocycles. The van der Waals surface area contributed by atoms with Gasteiger partial charge in [-0.3, -0.25) is 10.1 Å². The first kappa shape index (κ1) is 13.4. The molecular formula is C15H21N3O2. The topological polar surface area (TPSA) is 58.4 Å². The van der Waals surface area contributed by atoms with Gasteiger partial charge in [-0.05, 0) is 44.9 Å². The van der Waals surface area contributed by atoms with Crippen molar-refractivity contribution < 1.29 is 4.92 Å². The number of piperidine rings is 2. The average Bonchev–Trinajstić information content (AvgIpc) is 2.40. The van der Waals surface area contributed by atoms with Gasteiger partial charge >= 0.3 is 0 Å². The Labute approximate surface area is 119 Å². The van der Waals surface area contributed by atoms with Crippen LogP contribution in [0.1, 0.15) is 32.1 Å². The van der Waals surface area contributed by atoms with E-state index in [1.165, 1.54) is 32.1 Å². The molecule has 0 saturated carbocycles. The molecule has 0 spiro atoms. The predicted molar refractivity (Wildman–Crippen MR) is 78.9 cm³/mol. The third-order valence-corrected chi connectivity index (χ3v) is 4.79. The van der Waals surface area contributed by atoms with Gasteiger partial charge in [0.05, 0.1) is 4.92 Å². The van der Waals surface area contributed by atoms with E-state index in [9.17, 15) is 10.1 Å². The minimum atomic E-state index is -0.357. The van der Waals surface area contributed by atoms with Gasteiger partial charge in [0.2, 0.25) is 0 Å². The molecule has 5 heteroatoms. The fourth-order valence-corrected chi connectivity index (χ4v) is 3.65. The van der Waals surface area contributed by atoms with E-state index in [1.807, 2.05) is 12.1 Å². The summed E-state index contributed by atoms with van der Waals surface area (Å²) in [6.07, 6.45) is 6.29. The van der Waals surface area contributed by atoms with Crippen LogP contribution < -0.4 is 5.32 Å². The second-order valence-electron chi connectivity index (χ2n) is 6.02. The van der Waals surface area contributed by atoms with Crippen LogP contribution in [-0.2, 0) is 0 Å². The Kier molecular flexibility index (Phi) is 3.61. The third kappa shape index (κ3) is 2.63. The maximum Gasteiger partial charge on any atom is 0.269 e. The number of nitrogens with one attached hydrogen (secondary N) is 1. The molecule has 2 aliphatic rings. The maximum atomic E-state index is 10.7. The predicted octanol–water partition coefficient (Wildman–Crippen LogP) is 3.02. The SMILES string of the molecule is CN1C2CCCC1CC(Nc1ccc([N+](=O)[O-])cc1)C2. The summed E-state index contributed by atoms with van der Waals surface area (Å²) < 4.78 is 0. The fraction of sp³-hybridized carbons (Fsp3) is 0.600. The second-order valence-corrected chi connectivity index (χ2v) is 6.02. The van der Waals surface area contributed by atoms with Crippen LogP contribution in [-0.4, -0.2) is 35.0 Å². The van der Waals surface area contributed by atoms with Gasteiger partial charge in [-0.25, -0.2) is 0 Å². The van der Waals surface area contributed by atoms with E-state index in [2.05, 4.69) is 17.3 Å². The van der Waals surface area contributed by atoms with Gasteiger partial charge in [0.15, 0.2) is 0 Å². The van der Waals surface area contributed by atoms with Gasteiger partial charge in [0.25, 0.3) is 5.69 Å². The summed E-state index contributed by atoms with van der Waals surface area (Å²) in [5.74, 6) is 0. The molecule has 0 aromatic heterocycles. The second kappa shape index (κ2) is 5.40. The lowest BCUT2D eigenvalue weighted by atomic mass is 9.82. The van der Waals surface area contributed by atoms with E-state index in [1.54, 1.807) is 12.1 Å². The molecule has 1 N–H and O–H groups in total. The number of nitrogens with zero attached hydrogens (tertiary/aromatic N) is 2. The summed E-state index contributed by atoms with van der Waals surface area (Å²) in [6.45, 7) is 0. The highest BCUT2D eigenvalue weighted by atomic mass is 16.6. The number of non-ortho nitro benzene ring substituents is 1. The first-order chi connectivity index (χ1) is 9.63. The zero-order valence-electron chi connectivity index (χ0n) is 11.8. The monoisotopic (exact) mass is 275 g/mol. The number of hydrogen-bond acceptors (Lipinski definition) is 4. The number of nitro benzene ring substituents is 1. The molecule has 108 valence electrons. The summed E-state index contributed by atoms with van der Waals surface area (Å²) in [4.78, 5) is 12.8.